The summed E-state index contributed by atoms with van der Waals surface area (Å²) in [6.07, 6.45) is 4.05. The molecule has 1 aromatic rings. The van der Waals surface area contributed by atoms with Crippen LogP contribution in [-0.2, 0) is 4.79 Å². The van der Waals surface area contributed by atoms with Gasteiger partial charge in [-0.15, -0.1) is 24.8 Å². The highest BCUT2D eigenvalue weighted by Gasteiger charge is 2.34. The van der Waals surface area contributed by atoms with E-state index in [2.05, 4.69) is 41.4 Å². The van der Waals surface area contributed by atoms with Crippen molar-refractivity contribution in [2.24, 2.45) is 11.1 Å². The van der Waals surface area contributed by atoms with Gasteiger partial charge in [-0.1, -0.05) is 43.7 Å². The van der Waals surface area contributed by atoms with Crippen LogP contribution in [0, 0.1) is 12.3 Å². The van der Waals surface area contributed by atoms with Crippen LogP contribution in [-0.4, -0.2) is 37.0 Å². The minimum atomic E-state index is -0.428. The lowest BCUT2D eigenvalue weighted by atomic mass is 9.81. The number of nitrogens with two attached hydrogens (primary N) is 1. The monoisotopic (exact) mass is 403 g/mol. The summed E-state index contributed by atoms with van der Waals surface area (Å²) in [4.78, 5) is 15.2. The maximum atomic E-state index is 12.8. The van der Waals surface area contributed by atoms with E-state index in [-0.39, 0.29) is 36.8 Å². The van der Waals surface area contributed by atoms with Crippen molar-refractivity contribution in [2.45, 2.75) is 52.5 Å². The largest absolute Gasteiger partial charge is 0.354 e. The molecular formula is C20H35Cl2N3O. The zero-order chi connectivity index (χ0) is 17.6. The van der Waals surface area contributed by atoms with Crippen molar-refractivity contribution in [3.63, 3.8) is 0 Å². The first-order chi connectivity index (χ1) is 11.6. The lowest BCUT2D eigenvalue weighted by Gasteiger charge is -2.32. The van der Waals surface area contributed by atoms with E-state index in [0.29, 0.717) is 13.1 Å². The van der Waals surface area contributed by atoms with Crippen LogP contribution in [0.4, 0.5) is 0 Å². The molecule has 1 heterocycles. The first-order valence-electron chi connectivity index (χ1n) is 9.35. The molecule has 1 aliphatic heterocycles. The van der Waals surface area contributed by atoms with Gasteiger partial charge in [-0.2, -0.15) is 0 Å². The van der Waals surface area contributed by atoms with E-state index in [4.69, 9.17) is 5.73 Å². The summed E-state index contributed by atoms with van der Waals surface area (Å²) in [6.45, 7) is 9.49. The van der Waals surface area contributed by atoms with E-state index in [0.717, 1.165) is 25.9 Å². The molecule has 0 spiro atoms. The number of hydrogen-bond donors (Lipinski definition) is 2. The number of nitrogens with zero attached hydrogens (tertiary/aromatic N) is 1. The second-order valence-corrected chi connectivity index (χ2v) is 7.07. The van der Waals surface area contributed by atoms with Gasteiger partial charge in [0.05, 0.1) is 11.5 Å². The zero-order valence-corrected chi connectivity index (χ0v) is 17.9. The van der Waals surface area contributed by atoms with Gasteiger partial charge >= 0.3 is 0 Å². The molecule has 0 aromatic heterocycles. The van der Waals surface area contributed by atoms with Gasteiger partial charge in [-0.25, -0.2) is 0 Å². The highest BCUT2D eigenvalue weighted by Crippen LogP contribution is 2.27. The maximum Gasteiger partial charge on any atom is 0.227 e. The minimum Gasteiger partial charge on any atom is -0.354 e. The molecule has 1 unspecified atom stereocenters. The Morgan fingerprint density at radius 2 is 1.69 bits per heavy atom. The molecule has 0 saturated carbocycles. The molecule has 1 amide bonds. The van der Waals surface area contributed by atoms with Crippen LogP contribution in [0.3, 0.4) is 0 Å². The molecule has 1 fully saturated rings. The molecule has 1 atom stereocenters. The number of hydrogen-bond acceptors (Lipinski definition) is 3. The predicted molar refractivity (Wildman–Crippen MR) is 114 cm³/mol. The van der Waals surface area contributed by atoms with Crippen molar-refractivity contribution in [1.29, 1.82) is 0 Å². The fourth-order valence-corrected chi connectivity index (χ4v) is 3.63. The number of benzene rings is 1. The Hall–Kier alpha value is -0.810. The second-order valence-electron chi connectivity index (χ2n) is 7.07. The standard InChI is InChI=1S/C20H33N3O.2ClH/c1-4-20(5-2,15-21)19(24)22-14-18(23-12-6-7-13-23)17-10-8-16(3)9-11-17;;/h8-11,18H,4-7,12-15,21H2,1-3H3,(H,22,24);2*1H. The van der Waals surface area contributed by atoms with Gasteiger partial charge in [0.1, 0.15) is 0 Å². The quantitative estimate of drug-likeness (QED) is 0.692. The second kappa shape index (κ2) is 11.8. The highest BCUT2D eigenvalue weighted by molar-refractivity contribution is 5.85. The summed E-state index contributed by atoms with van der Waals surface area (Å²) in [6, 6.07) is 8.95. The minimum absolute atomic E-state index is 0. The summed E-state index contributed by atoms with van der Waals surface area (Å²) in [7, 11) is 0. The fourth-order valence-electron chi connectivity index (χ4n) is 3.63. The van der Waals surface area contributed by atoms with Crippen molar-refractivity contribution in [1.82, 2.24) is 10.2 Å². The Labute approximate surface area is 171 Å². The van der Waals surface area contributed by atoms with E-state index < -0.39 is 5.41 Å². The Morgan fingerprint density at radius 1 is 1.15 bits per heavy atom. The van der Waals surface area contributed by atoms with Crippen LogP contribution < -0.4 is 11.1 Å². The Kier molecular flexibility index (Phi) is 11.4. The normalized spacial score (nSPS) is 15.7. The van der Waals surface area contributed by atoms with Crippen LogP contribution in [0.2, 0.25) is 0 Å². The van der Waals surface area contributed by atoms with Crippen LogP contribution in [0.5, 0.6) is 0 Å². The fraction of sp³-hybridized carbons (Fsp3) is 0.650. The number of carbonyl (C=O) groups excluding carboxylic acids is 1. The third kappa shape index (κ3) is 5.85. The van der Waals surface area contributed by atoms with Gasteiger partial charge < -0.3 is 11.1 Å². The third-order valence-corrected chi connectivity index (χ3v) is 5.73. The van der Waals surface area contributed by atoms with Gasteiger partial charge in [-0.05, 0) is 51.3 Å². The molecular weight excluding hydrogens is 369 g/mol. The van der Waals surface area contributed by atoms with E-state index >= 15 is 0 Å². The summed E-state index contributed by atoms with van der Waals surface area (Å²) >= 11 is 0. The first-order valence-corrected chi connectivity index (χ1v) is 9.35. The van der Waals surface area contributed by atoms with Crippen molar-refractivity contribution >= 4 is 30.7 Å². The average Bonchev–Trinajstić information content (AvgIpc) is 3.13. The summed E-state index contributed by atoms with van der Waals surface area (Å²) in [5, 5.41) is 3.21. The van der Waals surface area contributed by atoms with E-state index in [1.807, 2.05) is 13.8 Å². The third-order valence-electron chi connectivity index (χ3n) is 5.73. The van der Waals surface area contributed by atoms with Crippen LogP contribution >= 0.6 is 24.8 Å². The molecule has 26 heavy (non-hydrogen) atoms. The number of halogens is 2. The van der Waals surface area contributed by atoms with Crippen LogP contribution in [0.1, 0.15) is 56.7 Å². The molecule has 0 aliphatic carbocycles. The summed E-state index contributed by atoms with van der Waals surface area (Å²) in [5.41, 5.74) is 8.04. The molecule has 3 N–H and O–H groups in total. The van der Waals surface area contributed by atoms with Crippen molar-refractivity contribution in [2.75, 3.05) is 26.2 Å². The smallest absolute Gasteiger partial charge is 0.227 e. The first kappa shape index (κ1) is 25.2. The maximum absolute atomic E-state index is 12.8. The van der Waals surface area contributed by atoms with Crippen molar-refractivity contribution < 1.29 is 4.79 Å². The number of carbonyl (C=O) groups is 1. The molecule has 150 valence electrons. The van der Waals surface area contributed by atoms with Crippen LogP contribution in [0.15, 0.2) is 24.3 Å². The van der Waals surface area contributed by atoms with Gasteiger partial charge in [-0.3, -0.25) is 9.69 Å². The Bertz CT molecular complexity index is 518. The number of amides is 1. The summed E-state index contributed by atoms with van der Waals surface area (Å²) < 4.78 is 0. The average molecular weight is 404 g/mol. The SMILES string of the molecule is CCC(CC)(CN)C(=O)NCC(c1ccc(C)cc1)N1CCCC1.Cl.Cl. The van der Waals surface area contributed by atoms with Gasteiger partial charge in [0.15, 0.2) is 0 Å². The van der Waals surface area contributed by atoms with Gasteiger partial charge in [0.2, 0.25) is 5.91 Å². The molecule has 2 rings (SSSR count). The highest BCUT2D eigenvalue weighted by atomic mass is 35.5. The van der Waals surface area contributed by atoms with E-state index in [9.17, 15) is 4.79 Å². The topological polar surface area (TPSA) is 58.4 Å². The van der Waals surface area contributed by atoms with Gasteiger partial charge in [0.25, 0.3) is 0 Å². The zero-order valence-electron chi connectivity index (χ0n) is 16.3. The molecule has 1 aromatic carbocycles. The Balaban J connectivity index is 0.00000312. The number of likely N-dealkylation sites (tertiary alicyclic amines) is 1. The molecule has 0 bridgehead atoms. The van der Waals surface area contributed by atoms with E-state index in [1.54, 1.807) is 0 Å². The van der Waals surface area contributed by atoms with Crippen molar-refractivity contribution in [3.8, 4) is 0 Å². The number of rotatable bonds is 8. The molecule has 0 radical (unpaired) electrons. The molecule has 4 nitrogen and oxygen atoms in total. The number of aryl methyl sites for hydroxylation is 1. The van der Waals surface area contributed by atoms with Gasteiger partial charge in [0, 0.05) is 13.1 Å². The van der Waals surface area contributed by atoms with Crippen molar-refractivity contribution in [3.05, 3.63) is 35.4 Å². The number of nitrogens with one attached hydrogen (secondary N) is 1. The molecule has 1 saturated heterocycles. The lowest BCUT2D eigenvalue weighted by Crippen LogP contribution is -2.47. The summed E-state index contributed by atoms with van der Waals surface area (Å²) in [5.74, 6) is 0.103. The molecule has 6 heteroatoms. The Morgan fingerprint density at radius 3 is 2.15 bits per heavy atom. The van der Waals surface area contributed by atoms with Crippen LogP contribution in [0.25, 0.3) is 0 Å². The van der Waals surface area contributed by atoms with E-state index in [1.165, 1.54) is 24.0 Å². The molecule has 1 aliphatic rings. The lowest BCUT2D eigenvalue weighted by molar-refractivity contribution is -0.131. The predicted octanol–water partition coefficient (Wildman–Crippen LogP) is 3.86.